The van der Waals surface area contributed by atoms with Crippen LogP contribution in [0.2, 0.25) is 0 Å². The summed E-state index contributed by atoms with van der Waals surface area (Å²) in [5.41, 5.74) is 0. The fraction of sp³-hybridized carbons (Fsp3) is 0. The van der Waals surface area contributed by atoms with Gasteiger partial charge in [0, 0.05) is 0 Å². The maximum atomic E-state index is 0. The Kier molecular flexibility index (Phi) is 116. The maximum absolute atomic E-state index is 0. The van der Waals surface area contributed by atoms with Crippen molar-refractivity contribution in [3.05, 3.63) is 0 Å². The van der Waals surface area contributed by atoms with Crippen LogP contribution in [0.5, 0.6) is 0 Å². The van der Waals surface area contributed by atoms with Gasteiger partial charge in [-0.3, -0.25) is 0 Å². The molecule has 0 unspecified atom stereocenters. The first kappa shape index (κ1) is 27.8. The van der Waals surface area contributed by atoms with Crippen LogP contribution in [-0.2, 0) is 0 Å². The normalized spacial score (nSPS) is 0. The molecule has 4 heteroatoms. The molecule has 2 radical (unpaired) electrons. The van der Waals surface area contributed by atoms with E-state index in [2.05, 4.69) is 0 Å². The molecule has 30 valence electrons. The van der Waals surface area contributed by atoms with E-state index in [-0.39, 0.29) is 91.9 Å². The molecule has 0 aromatic rings. The van der Waals surface area contributed by atoms with Gasteiger partial charge in [-0.2, -0.15) is 0 Å². The Morgan fingerprint density at radius 1 is 1.00 bits per heavy atom. The van der Waals surface area contributed by atoms with E-state index in [0.717, 1.165) is 0 Å². The Hall–Kier alpha value is 3.03. The third kappa shape index (κ3) is 8.90. The van der Waals surface area contributed by atoms with Crippen LogP contribution in [0, 0.1) is 0 Å². The van der Waals surface area contributed by atoms with E-state index < -0.39 is 0 Å². The average molecular weight is 541 g/mol. The van der Waals surface area contributed by atoms with Gasteiger partial charge in [0.1, 0.15) is 0 Å². The predicted molar refractivity (Wildman–Crippen MR) is 37.0 cm³/mol. The van der Waals surface area contributed by atoms with Crippen LogP contribution in [0.15, 0.2) is 0 Å². The van der Waals surface area contributed by atoms with Crippen molar-refractivity contribution < 1.29 is 0 Å². The van der Waals surface area contributed by atoms with E-state index >= 15 is 0 Å². The van der Waals surface area contributed by atoms with Crippen molar-refractivity contribution in [3.63, 3.8) is 0 Å². The number of hydrogen-bond donors (Lipinski definition) is 0. The zero-order valence-corrected chi connectivity index (χ0v) is 13.1. The zero-order valence-electron chi connectivity index (χ0n) is 1.73. The van der Waals surface area contributed by atoms with E-state index in [1.54, 1.807) is 0 Å². The van der Waals surface area contributed by atoms with Gasteiger partial charge in [-0.1, -0.05) is 0 Å². The number of hydrogen-bond acceptors (Lipinski definition) is 0. The summed E-state index contributed by atoms with van der Waals surface area (Å²) in [5, 5.41) is 0. The van der Waals surface area contributed by atoms with Crippen molar-refractivity contribution in [2.24, 2.45) is 0 Å². The van der Waals surface area contributed by atoms with Crippen molar-refractivity contribution in [3.8, 4) is 0 Å². The Balaban J connectivity index is 0. The second kappa shape index (κ2) is 16.6. The molecule has 0 heterocycles. The molecule has 0 aliphatic heterocycles. The Labute approximate surface area is 90.1 Å². The summed E-state index contributed by atoms with van der Waals surface area (Å²) in [6.07, 6.45) is 0. The SMILES string of the molecule is [BiH3].[GeH4].[SbH2].[TeH]. The monoisotopic (exact) mass is 544 g/mol. The molecule has 0 aliphatic rings. The van der Waals surface area contributed by atoms with E-state index in [0.29, 0.717) is 0 Å². The summed E-state index contributed by atoms with van der Waals surface area (Å²) < 4.78 is 0. The van der Waals surface area contributed by atoms with Gasteiger partial charge in [-0.05, 0) is 0 Å². The topological polar surface area (TPSA) is 0 Å². The molecule has 0 rings (SSSR count). The molecule has 0 amide bonds. The molecular weight excluding hydrogens is 531 g/mol. The molecule has 0 fully saturated rings. The summed E-state index contributed by atoms with van der Waals surface area (Å²) in [5.74, 6) is 0. The van der Waals surface area contributed by atoms with Crippen molar-refractivity contribution >= 4 is 91.9 Å². The van der Waals surface area contributed by atoms with E-state index in [9.17, 15) is 0 Å². The molecular formula is H10BiGeSbTe. The molecule has 0 saturated heterocycles. The van der Waals surface area contributed by atoms with Gasteiger partial charge in [0.2, 0.25) is 0 Å². The van der Waals surface area contributed by atoms with Crippen LogP contribution >= 0.6 is 0 Å². The van der Waals surface area contributed by atoms with Gasteiger partial charge in [0.25, 0.3) is 0 Å². The van der Waals surface area contributed by atoms with Gasteiger partial charge < -0.3 is 0 Å². The minimum absolute atomic E-state index is 0. The zero-order chi connectivity index (χ0) is 0. The van der Waals surface area contributed by atoms with E-state index in [4.69, 9.17) is 0 Å². The summed E-state index contributed by atoms with van der Waals surface area (Å²) in [4.78, 5) is 0. The van der Waals surface area contributed by atoms with E-state index in [1.165, 1.54) is 0 Å². The minimum atomic E-state index is 0. The summed E-state index contributed by atoms with van der Waals surface area (Å²) in [6, 6.07) is 0. The molecule has 0 aromatic carbocycles. The van der Waals surface area contributed by atoms with Crippen LogP contribution in [0.1, 0.15) is 0 Å². The van der Waals surface area contributed by atoms with Gasteiger partial charge in [-0.25, -0.2) is 0 Å². The average Bonchev–Trinajstić information content (AvgIpc) is 0. The molecule has 0 saturated carbocycles. The second-order valence-corrected chi connectivity index (χ2v) is 0. The standard InChI is InChI=1S/Bi.GeH4.Sb.HTe.5H/h;1H4;;1H;;;;;. The van der Waals surface area contributed by atoms with Crippen molar-refractivity contribution in [2.75, 3.05) is 0 Å². The van der Waals surface area contributed by atoms with Crippen molar-refractivity contribution in [1.82, 2.24) is 0 Å². The third-order valence-electron chi connectivity index (χ3n) is 0. The third-order valence-corrected chi connectivity index (χ3v) is 0. The van der Waals surface area contributed by atoms with Crippen molar-refractivity contribution in [2.45, 2.75) is 0 Å². The first-order valence-corrected chi connectivity index (χ1v) is 0. The summed E-state index contributed by atoms with van der Waals surface area (Å²) in [6.45, 7) is 0. The van der Waals surface area contributed by atoms with Gasteiger partial charge in [-0.15, -0.1) is 0 Å². The molecule has 0 nitrogen and oxygen atoms in total. The Bertz CT molecular complexity index is 8.00. The quantitative estimate of drug-likeness (QED) is 0.274. The van der Waals surface area contributed by atoms with Gasteiger partial charge in [0.05, 0.1) is 0 Å². The molecule has 4 heavy (non-hydrogen) atoms. The Morgan fingerprint density at radius 2 is 1.00 bits per heavy atom. The molecule has 0 bridgehead atoms. The van der Waals surface area contributed by atoms with Crippen LogP contribution in [0.3, 0.4) is 0 Å². The molecule has 0 atom stereocenters. The molecule has 0 aromatic heterocycles. The number of rotatable bonds is 0. The second-order valence-electron chi connectivity index (χ2n) is 0. The first-order chi connectivity index (χ1) is 0. The molecule has 0 spiro atoms. The fourth-order valence-electron chi connectivity index (χ4n) is 0. The molecule has 0 N–H and O–H groups in total. The summed E-state index contributed by atoms with van der Waals surface area (Å²) in [7, 11) is 0. The fourth-order valence-corrected chi connectivity index (χ4v) is 0. The van der Waals surface area contributed by atoms with Crippen LogP contribution in [0.25, 0.3) is 0 Å². The van der Waals surface area contributed by atoms with Crippen LogP contribution in [0.4, 0.5) is 0 Å². The van der Waals surface area contributed by atoms with Gasteiger partial charge >= 0.3 is 91.9 Å². The van der Waals surface area contributed by atoms with Crippen LogP contribution in [-0.4, -0.2) is 91.9 Å². The van der Waals surface area contributed by atoms with Crippen molar-refractivity contribution in [1.29, 1.82) is 0 Å². The van der Waals surface area contributed by atoms with E-state index in [1.807, 2.05) is 0 Å². The van der Waals surface area contributed by atoms with Crippen LogP contribution < -0.4 is 0 Å². The predicted octanol–water partition coefficient (Wildman–Crippen LogP) is -4.20. The Morgan fingerprint density at radius 3 is 1.00 bits per heavy atom. The first-order valence-electron chi connectivity index (χ1n) is 0. The summed E-state index contributed by atoms with van der Waals surface area (Å²) >= 11 is 0. The molecule has 0 aliphatic carbocycles. The van der Waals surface area contributed by atoms with Gasteiger partial charge in [0.15, 0.2) is 0 Å².